The van der Waals surface area contributed by atoms with E-state index in [2.05, 4.69) is 23.4 Å². The first kappa shape index (κ1) is 18.6. The van der Waals surface area contributed by atoms with E-state index < -0.39 is 11.9 Å². The van der Waals surface area contributed by atoms with Crippen LogP contribution in [0.3, 0.4) is 0 Å². The van der Waals surface area contributed by atoms with Crippen molar-refractivity contribution in [2.75, 3.05) is 14.9 Å². The van der Waals surface area contributed by atoms with Gasteiger partial charge in [-0.2, -0.15) is 0 Å². The number of nitrogens with one attached hydrogen (secondary N) is 2. The van der Waals surface area contributed by atoms with E-state index >= 15 is 0 Å². The number of rotatable bonds is 4. The molecular formula is C16H15ClN4O3S. The molecule has 130 valence electrons. The van der Waals surface area contributed by atoms with Gasteiger partial charge in [0.15, 0.2) is 0 Å². The number of halogens is 1. The molecule has 0 fully saturated rings. The molecule has 2 aromatic rings. The zero-order valence-electron chi connectivity index (χ0n) is 13.1. The van der Waals surface area contributed by atoms with Gasteiger partial charge in [0.2, 0.25) is 11.8 Å². The van der Waals surface area contributed by atoms with Gasteiger partial charge in [0.1, 0.15) is 0 Å². The van der Waals surface area contributed by atoms with E-state index in [-0.39, 0.29) is 10.9 Å². The highest BCUT2D eigenvalue weighted by atomic mass is 35.5. The van der Waals surface area contributed by atoms with Crippen LogP contribution in [0.25, 0.3) is 0 Å². The number of amides is 4. The van der Waals surface area contributed by atoms with Gasteiger partial charge in [-0.25, -0.2) is 9.10 Å². The molecule has 0 aliphatic heterocycles. The average molecular weight is 379 g/mol. The van der Waals surface area contributed by atoms with Crippen LogP contribution in [0.4, 0.5) is 21.9 Å². The summed E-state index contributed by atoms with van der Waals surface area (Å²) in [5, 5.41) is 5.35. The Kier molecular flexibility index (Phi) is 5.89. The van der Waals surface area contributed by atoms with E-state index in [1.807, 2.05) is 0 Å². The maximum atomic E-state index is 12.3. The van der Waals surface area contributed by atoms with E-state index in [9.17, 15) is 14.4 Å². The van der Waals surface area contributed by atoms with Crippen LogP contribution in [0.2, 0.25) is 5.02 Å². The molecule has 0 radical (unpaired) electrons. The van der Waals surface area contributed by atoms with Crippen LogP contribution in [0.1, 0.15) is 17.3 Å². The zero-order chi connectivity index (χ0) is 18.6. The Labute approximate surface area is 154 Å². The van der Waals surface area contributed by atoms with Gasteiger partial charge in [-0.1, -0.05) is 30.5 Å². The molecule has 0 heterocycles. The molecule has 2 aromatic carbocycles. The maximum Gasteiger partial charge on any atom is 0.336 e. The number of nitrogens with zero attached hydrogens (tertiary/aromatic N) is 1. The first-order valence-corrected chi connectivity index (χ1v) is 7.83. The van der Waals surface area contributed by atoms with Crippen LogP contribution in [-0.2, 0) is 4.79 Å². The largest absolute Gasteiger partial charge is 0.366 e. The Hall–Kier alpha value is -2.71. The van der Waals surface area contributed by atoms with Crippen molar-refractivity contribution in [2.24, 2.45) is 5.73 Å². The first-order valence-electron chi connectivity index (χ1n) is 7.05. The van der Waals surface area contributed by atoms with Gasteiger partial charge in [0.05, 0.1) is 22.1 Å². The Balaban J connectivity index is 2.16. The molecule has 0 bridgehead atoms. The van der Waals surface area contributed by atoms with Crippen molar-refractivity contribution in [1.82, 2.24) is 0 Å². The lowest BCUT2D eigenvalue weighted by Gasteiger charge is -2.18. The second kappa shape index (κ2) is 7.91. The summed E-state index contributed by atoms with van der Waals surface area (Å²) in [4.78, 5) is 34.5. The summed E-state index contributed by atoms with van der Waals surface area (Å²) in [6.45, 7) is 1.35. The molecule has 7 nitrogen and oxygen atoms in total. The Morgan fingerprint density at radius 2 is 1.60 bits per heavy atom. The van der Waals surface area contributed by atoms with Crippen LogP contribution < -0.4 is 20.7 Å². The maximum absolute atomic E-state index is 12.3. The fraction of sp³-hybridized carbons (Fsp3) is 0.0625. The molecule has 0 atom stereocenters. The number of benzene rings is 2. The molecule has 0 aliphatic rings. The van der Waals surface area contributed by atoms with Gasteiger partial charge in [-0.3, -0.25) is 9.59 Å². The highest BCUT2D eigenvalue weighted by Crippen LogP contribution is 2.30. The van der Waals surface area contributed by atoms with Gasteiger partial charge in [-0.15, -0.1) is 0 Å². The van der Waals surface area contributed by atoms with Crippen molar-refractivity contribution in [3.05, 3.63) is 53.1 Å². The molecule has 4 N–H and O–H groups in total. The highest BCUT2D eigenvalue weighted by Gasteiger charge is 2.15. The van der Waals surface area contributed by atoms with E-state index in [1.54, 1.807) is 18.2 Å². The molecule has 0 saturated heterocycles. The number of carbonyl (C=O) groups excluding carboxylic acids is 3. The number of hydrogen-bond donors (Lipinski definition) is 4. The first-order chi connectivity index (χ1) is 11.8. The van der Waals surface area contributed by atoms with Crippen molar-refractivity contribution in [1.29, 1.82) is 0 Å². The SMILES string of the molecule is CC(=O)Nc1cccc(NC(=O)N(S)c2ccc(C(N)=O)cc2)c1Cl. The molecule has 9 heteroatoms. The van der Waals surface area contributed by atoms with Gasteiger partial charge < -0.3 is 16.4 Å². The fourth-order valence-electron chi connectivity index (χ4n) is 1.97. The van der Waals surface area contributed by atoms with Gasteiger partial charge in [0.25, 0.3) is 0 Å². The number of anilines is 3. The quantitative estimate of drug-likeness (QED) is 0.613. The Morgan fingerprint density at radius 3 is 2.12 bits per heavy atom. The van der Waals surface area contributed by atoms with Gasteiger partial charge in [-0.05, 0) is 36.4 Å². The van der Waals surface area contributed by atoms with Crippen molar-refractivity contribution >= 4 is 59.3 Å². The van der Waals surface area contributed by atoms with Crippen molar-refractivity contribution in [3.8, 4) is 0 Å². The highest BCUT2D eigenvalue weighted by molar-refractivity contribution is 7.82. The number of hydrogen-bond acceptors (Lipinski definition) is 4. The average Bonchev–Trinajstić information content (AvgIpc) is 2.57. The van der Waals surface area contributed by atoms with Crippen molar-refractivity contribution in [3.63, 3.8) is 0 Å². The molecule has 0 saturated carbocycles. The number of urea groups is 1. The summed E-state index contributed by atoms with van der Waals surface area (Å²) >= 11 is 10.3. The third kappa shape index (κ3) is 4.65. The Bertz CT molecular complexity index is 827. The lowest BCUT2D eigenvalue weighted by atomic mass is 10.2. The minimum Gasteiger partial charge on any atom is -0.366 e. The second-order valence-electron chi connectivity index (χ2n) is 5.00. The third-order valence-electron chi connectivity index (χ3n) is 3.14. The molecule has 0 aromatic heterocycles. The summed E-state index contributed by atoms with van der Waals surface area (Å²) in [7, 11) is 0. The van der Waals surface area contributed by atoms with E-state index in [0.717, 1.165) is 4.31 Å². The monoisotopic (exact) mass is 378 g/mol. The fourth-order valence-corrected chi connectivity index (χ4v) is 2.37. The third-order valence-corrected chi connectivity index (χ3v) is 3.96. The van der Waals surface area contributed by atoms with Crippen molar-refractivity contribution < 1.29 is 14.4 Å². The summed E-state index contributed by atoms with van der Waals surface area (Å²) in [5.41, 5.74) is 6.61. The lowest BCUT2D eigenvalue weighted by molar-refractivity contribution is -0.114. The van der Waals surface area contributed by atoms with Crippen LogP contribution in [0.15, 0.2) is 42.5 Å². The van der Waals surface area contributed by atoms with Crippen molar-refractivity contribution in [2.45, 2.75) is 6.92 Å². The normalized spacial score (nSPS) is 10.0. The van der Waals surface area contributed by atoms with Crippen LogP contribution in [0.5, 0.6) is 0 Å². The molecular weight excluding hydrogens is 364 g/mol. The minimum atomic E-state index is -0.572. The smallest absolute Gasteiger partial charge is 0.336 e. The minimum absolute atomic E-state index is 0.192. The second-order valence-corrected chi connectivity index (χ2v) is 5.78. The van der Waals surface area contributed by atoms with Gasteiger partial charge in [0, 0.05) is 12.5 Å². The number of primary amides is 1. The molecule has 0 spiro atoms. The molecule has 2 rings (SSSR count). The summed E-state index contributed by atoms with van der Waals surface area (Å²) < 4.78 is 1.05. The lowest BCUT2D eigenvalue weighted by Crippen LogP contribution is -2.27. The number of nitrogens with two attached hydrogens (primary N) is 1. The number of carbonyl (C=O) groups is 3. The van der Waals surface area contributed by atoms with Gasteiger partial charge >= 0.3 is 6.03 Å². The standard InChI is InChI=1S/C16H15ClN4O3S/c1-9(22)19-12-3-2-4-13(14(12)17)20-16(24)21(25)11-7-5-10(6-8-11)15(18)23/h2-8,25H,1H3,(H2,18,23)(H,19,22)(H,20,24). The molecule has 25 heavy (non-hydrogen) atoms. The summed E-state index contributed by atoms with van der Waals surface area (Å²) in [5.74, 6) is -0.848. The molecule has 4 amide bonds. The predicted molar refractivity (Wildman–Crippen MR) is 101 cm³/mol. The van der Waals surface area contributed by atoms with E-state index in [1.165, 1.54) is 31.2 Å². The van der Waals surface area contributed by atoms with Crippen LogP contribution >= 0.6 is 24.4 Å². The predicted octanol–water partition coefficient (Wildman–Crippen LogP) is 3.28. The zero-order valence-corrected chi connectivity index (χ0v) is 14.8. The van der Waals surface area contributed by atoms with E-state index in [4.69, 9.17) is 17.3 Å². The van der Waals surface area contributed by atoms with Crippen LogP contribution in [0, 0.1) is 0 Å². The molecule has 0 unspecified atom stereocenters. The topological polar surface area (TPSA) is 105 Å². The summed E-state index contributed by atoms with van der Waals surface area (Å²) in [6.07, 6.45) is 0. The summed E-state index contributed by atoms with van der Waals surface area (Å²) in [6, 6.07) is 10.3. The van der Waals surface area contributed by atoms with Crippen LogP contribution in [-0.4, -0.2) is 17.8 Å². The Morgan fingerprint density at radius 1 is 1.04 bits per heavy atom. The molecule has 0 aliphatic carbocycles. The van der Waals surface area contributed by atoms with E-state index in [0.29, 0.717) is 22.6 Å². The number of thiol groups is 1.